The lowest BCUT2D eigenvalue weighted by molar-refractivity contribution is 0.608. The van der Waals surface area contributed by atoms with Gasteiger partial charge >= 0.3 is 0 Å². The van der Waals surface area contributed by atoms with E-state index in [1.807, 2.05) is 12.1 Å². The van der Waals surface area contributed by atoms with Gasteiger partial charge in [-0.05, 0) is 42.7 Å². The van der Waals surface area contributed by atoms with Crippen molar-refractivity contribution < 1.29 is 4.39 Å². The highest BCUT2D eigenvalue weighted by atomic mass is 35.5. The van der Waals surface area contributed by atoms with Gasteiger partial charge < -0.3 is 0 Å². The molecule has 0 nitrogen and oxygen atoms in total. The van der Waals surface area contributed by atoms with Crippen molar-refractivity contribution in [1.82, 2.24) is 0 Å². The van der Waals surface area contributed by atoms with Crippen LogP contribution in [-0.4, -0.2) is 0 Å². The van der Waals surface area contributed by atoms with E-state index < -0.39 is 0 Å². The van der Waals surface area contributed by atoms with Crippen LogP contribution in [-0.2, 0) is 0 Å². The van der Waals surface area contributed by atoms with E-state index >= 15 is 0 Å². The Morgan fingerprint density at radius 2 is 1.76 bits per heavy atom. The fraction of sp³-hybridized carbons (Fsp3) is 0.231. The van der Waals surface area contributed by atoms with Crippen molar-refractivity contribution in [1.29, 1.82) is 0 Å². The molecule has 1 heterocycles. The molecular formula is C13H11Cl2FS. The summed E-state index contributed by atoms with van der Waals surface area (Å²) in [4.78, 5) is 0.974. The molecule has 90 valence electrons. The summed E-state index contributed by atoms with van der Waals surface area (Å²) in [6.07, 6.45) is 0. The Hall–Kier alpha value is -0.570. The van der Waals surface area contributed by atoms with Gasteiger partial charge in [-0.3, -0.25) is 0 Å². The topological polar surface area (TPSA) is 0 Å². The molecule has 1 aromatic carbocycles. The minimum atomic E-state index is -0.273. The first-order valence-corrected chi connectivity index (χ1v) is 6.78. The Labute approximate surface area is 114 Å². The van der Waals surface area contributed by atoms with Crippen LogP contribution in [0.15, 0.2) is 24.3 Å². The van der Waals surface area contributed by atoms with Crippen molar-refractivity contribution in [3.05, 3.63) is 56.0 Å². The van der Waals surface area contributed by atoms with Crippen LogP contribution >= 0.6 is 34.5 Å². The molecule has 0 aliphatic carbocycles. The lowest BCUT2D eigenvalue weighted by Crippen LogP contribution is -1.96. The van der Waals surface area contributed by atoms with E-state index in [4.69, 9.17) is 23.2 Å². The van der Waals surface area contributed by atoms with E-state index in [0.29, 0.717) is 15.5 Å². The number of hydrogen-bond donors (Lipinski definition) is 0. The maximum Gasteiger partial charge on any atom is 0.129 e. The summed E-state index contributed by atoms with van der Waals surface area (Å²) in [5.41, 5.74) is 2.14. The van der Waals surface area contributed by atoms with Gasteiger partial charge in [0.1, 0.15) is 5.82 Å². The second-order valence-electron chi connectivity index (χ2n) is 3.97. The number of thiophene rings is 1. The van der Waals surface area contributed by atoms with E-state index in [1.54, 1.807) is 26.0 Å². The molecule has 17 heavy (non-hydrogen) atoms. The van der Waals surface area contributed by atoms with Gasteiger partial charge in [0, 0.05) is 4.88 Å². The van der Waals surface area contributed by atoms with E-state index in [1.165, 1.54) is 11.3 Å². The van der Waals surface area contributed by atoms with Crippen LogP contribution in [0.3, 0.4) is 0 Å². The number of hydrogen-bond acceptors (Lipinski definition) is 1. The van der Waals surface area contributed by atoms with E-state index in [0.717, 1.165) is 10.4 Å². The first-order chi connectivity index (χ1) is 7.99. The third-order valence-electron chi connectivity index (χ3n) is 2.60. The smallest absolute Gasteiger partial charge is 0.129 e. The molecule has 0 radical (unpaired) electrons. The molecule has 0 amide bonds. The molecule has 1 atom stereocenters. The summed E-state index contributed by atoms with van der Waals surface area (Å²) >= 11 is 13.7. The van der Waals surface area contributed by atoms with E-state index in [2.05, 4.69) is 0 Å². The highest BCUT2D eigenvalue weighted by Gasteiger charge is 2.15. The normalized spacial score (nSPS) is 12.8. The largest absolute Gasteiger partial charge is 0.206 e. The van der Waals surface area contributed by atoms with Crippen LogP contribution < -0.4 is 0 Å². The van der Waals surface area contributed by atoms with Crippen LogP contribution in [0.1, 0.15) is 26.9 Å². The third-order valence-corrected chi connectivity index (χ3v) is 4.51. The van der Waals surface area contributed by atoms with E-state index in [-0.39, 0.29) is 11.2 Å². The zero-order chi connectivity index (χ0) is 12.6. The molecule has 1 unspecified atom stereocenters. The molecule has 0 aliphatic heterocycles. The highest BCUT2D eigenvalue weighted by molar-refractivity contribution is 7.16. The predicted molar refractivity (Wildman–Crippen MR) is 72.9 cm³/mol. The van der Waals surface area contributed by atoms with Gasteiger partial charge in [0.25, 0.3) is 0 Å². The summed E-state index contributed by atoms with van der Waals surface area (Å²) in [5, 5.41) is -0.273. The van der Waals surface area contributed by atoms with Gasteiger partial charge in [0.15, 0.2) is 0 Å². The van der Waals surface area contributed by atoms with Gasteiger partial charge in [-0.2, -0.15) is 0 Å². The summed E-state index contributed by atoms with van der Waals surface area (Å²) in [7, 11) is 0. The Kier molecular flexibility index (Phi) is 3.76. The molecule has 0 saturated carbocycles. The molecule has 2 aromatic rings. The van der Waals surface area contributed by atoms with Gasteiger partial charge in [-0.15, -0.1) is 22.9 Å². The quantitative estimate of drug-likeness (QED) is 0.642. The standard InChI is InChI=1S/C13H11Cl2FS/c1-7-5-9(6-8(2)13(7)16)12(15)10-3-4-11(14)17-10/h3-6,12H,1-2H3. The average Bonchev–Trinajstić information content (AvgIpc) is 2.71. The monoisotopic (exact) mass is 288 g/mol. The number of rotatable bonds is 2. The fourth-order valence-corrected chi connectivity index (χ4v) is 3.15. The second kappa shape index (κ2) is 4.97. The highest BCUT2D eigenvalue weighted by Crippen LogP contribution is 2.36. The predicted octanol–water partition coefficient (Wildman–Crippen LogP) is 5.49. The molecule has 0 spiro atoms. The van der Waals surface area contributed by atoms with Gasteiger partial charge in [-0.25, -0.2) is 4.39 Å². The fourth-order valence-electron chi connectivity index (χ4n) is 1.75. The zero-order valence-corrected chi connectivity index (χ0v) is 11.8. The Bertz CT molecular complexity index is 525. The summed E-state index contributed by atoms with van der Waals surface area (Å²) < 4.78 is 14.2. The minimum Gasteiger partial charge on any atom is -0.206 e. The number of halogens is 3. The second-order valence-corrected chi connectivity index (χ2v) is 6.16. The Morgan fingerprint density at radius 1 is 1.18 bits per heavy atom. The molecule has 0 aliphatic rings. The third kappa shape index (κ3) is 2.65. The van der Waals surface area contributed by atoms with Crippen molar-refractivity contribution in [3.8, 4) is 0 Å². The van der Waals surface area contributed by atoms with Crippen LogP contribution in [0.2, 0.25) is 4.34 Å². The van der Waals surface area contributed by atoms with Crippen LogP contribution in [0.4, 0.5) is 4.39 Å². The molecule has 1 aromatic heterocycles. The molecule has 2 rings (SSSR count). The number of benzene rings is 1. The SMILES string of the molecule is Cc1cc(C(Cl)c2ccc(Cl)s2)cc(C)c1F. The Balaban J connectivity index is 2.41. The maximum absolute atomic E-state index is 13.5. The molecule has 0 bridgehead atoms. The summed E-state index contributed by atoms with van der Waals surface area (Å²) in [6.45, 7) is 3.49. The van der Waals surface area contributed by atoms with Crippen molar-refractivity contribution >= 4 is 34.5 Å². The van der Waals surface area contributed by atoms with Crippen molar-refractivity contribution in [2.45, 2.75) is 19.2 Å². The number of aryl methyl sites for hydroxylation is 2. The summed E-state index contributed by atoms with van der Waals surface area (Å²) in [5.74, 6) is -0.165. The van der Waals surface area contributed by atoms with Gasteiger partial charge in [0.2, 0.25) is 0 Å². The molecular weight excluding hydrogens is 278 g/mol. The minimum absolute atomic E-state index is 0.165. The van der Waals surface area contributed by atoms with Crippen molar-refractivity contribution in [2.75, 3.05) is 0 Å². The zero-order valence-electron chi connectivity index (χ0n) is 9.43. The van der Waals surface area contributed by atoms with Gasteiger partial charge in [0.05, 0.1) is 9.71 Å². The first kappa shape index (κ1) is 12.9. The van der Waals surface area contributed by atoms with Crippen molar-refractivity contribution in [2.24, 2.45) is 0 Å². The van der Waals surface area contributed by atoms with Crippen molar-refractivity contribution in [3.63, 3.8) is 0 Å². The van der Waals surface area contributed by atoms with Crippen LogP contribution in [0, 0.1) is 19.7 Å². The lowest BCUT2D eigenvalue weighted by atomic mass is 10.0. The summed E-state index contributed by atoms with van der Waals surface area (Å²) in [6, 6.07) is 7.29. The number of alkyl halides is 1. The molecule has 0 fully saturated rings. The van der Waals surface area contributed by atoms with Gasteiger partial charge in [-0.1, -0.05) is 23.7 Å². The lowest BCUT2D eigenvalue weighted by Gasteiger charge is -2.11. The van der Waals surface area contributed by atoms with Crippen LogP contribution in [0.25, 0.3) is 0 Å². The maximum atomic E-state index is 13.5. The molecule has 0 N–H and O–H groups in total. The first-order valence-electron chi connectivity index (χ1n) is 5.15. The average molecular weight is 289 g/mol. The molecule has 0 saturated heterocycles. The molecule has 4 heteroatoms. The van der Waals surface area contributed by atoms with Crippen LogP contribution in [0.5, 0.6) is 0 Å². The van der Waals surface area contributed by atoms with E-state index in [9.17, 15) is 4.39 Å². The Morgan fingerprint density at radius 3 is 2.24 bits per heavy atom.